The van der Waals surface area contributed by atoms with Crippen LogP contribution in [-0.4, -0.2) is 0 Å². The van der Waals surface area contributed by atoms with Crippen LogP contribution in [0.25, 0.3) is 110 Å². The Bertz CT molecular complexity index is 4360. The summed E-state index contributed by atoms with van der Waals surface area (Å²) in [6.07, 6.45) is 0. The lowest BCUT2D eigenvalue weighted by Gasteiger charge is -2.31. The molecule has 13 aromatic rings. The zero-order valence-corrected chi connectivity index (χ0v) is 40.7. The Morgan fingerprint density at radius 2 is 0.694 bits per heavy atom. The maximum absolute atomic E-state index is 6.67. The third kappa shape index (κ3) is 5.66. The predicted octanol–water partition coefficient (Wildman–Crippen LogP) is 19.6. The summed E-state index contributed by atoms with van der Waals surface area (Å²) >= 11 is 0. The van der Waals surface area contributed by atoms with E-state index in [1.54, 1.807) is 0 Å². The summed E-state index contributed by atoms with van der Waals surface area (Å²) in [6, 6.07) is 83.8. The summed E-state index contributed by atoms with van der Waals surface area (Å²) < 4.78 is 6.67. The number of benzene rings is 12. The van der Waals surface area contributed by atoms with Crippen LogP contribution in [0.1, 0.15) is 49.9 Å². The Labute approximate surface area is 419 Å². The number of nitrogens with zero attached hydrogens (tertiary/aromatic N) is 1. The molecule has 0 bridgehead atoms. The number of fused-ring (bicyclic) bond motifs is 15. The molecule has 0 fully saturated rings. The van der Waals surface area contributed by atoms with Crippen LogP contribution in [-0.2, 0) is 10.8 Å². The molecule has 2 aliphatic rings. The van der Waals surface area contributed by atoms with Gasteiger partial charge < -0.3 is 9.32 Å². The van der Waals surface area contributed by atoms with Gasteiger partial charge in [0.2, 0.25) is 0 Å². The monoisotopic (exact) mass is 919 g/mol. The van der Waals surface area contributed by atoms with Crippen LogP contribution < -0.4 is 4.90 Å². The number of anilines is 3. The van der Waals surface area contributed by atoms with E-state index in [9.17, 15) is 0 Å². The first-order valence-electron chi connectivity index (χ1n) is 25.3. The number of furan rings is 1. The van der Waals surface area contributed by atoms with E-state index in [2.05, 4.69) is 251 Å². The summed E-state index contributed by atoms with van der Waals surface area (Å²) in [4.78, 5) is 2.53. The normalized spacial score (nSPS) is 14.1. The summed E-state index contributed by atoms with van der Waals surface area (Å²) in [5.41, 5.74) is 20.5. The molecule has 15 rings (SSSR count). The lowest BCUT2D eigenvalue weighted by Crippen LogP contribution is -2.18. The number of rotatable bonds is 5. The molecule has 0 N–H and O–H groups in total. The molecule has 1 aromatic heterocycles. The molecule has 2 heteroatoms. The van der Waals surface area contributed by atoms with Crippen LogP contribution in [0.5, 0.6) is 0 Å². The highest BCUT2D eigenvalue weighted by atomic mass is 16.3. The highest BCUT2D eigenvalue weighted by Crippen LogP contribution is 2.54. The molecule has 0 spiro atoms. The predicted molar refractivity (Wildman–Crippen MR) is 304 cm³/mol. The zero-order valence-electron chi connectivity index (χ0n) is 40.7. The lowest BCUT2D eigenvalue weighted by molar-refractivity contribution is 0.660. The van der Waals surface area contributed by atoms with Gasteiger partial charge in [0.1, 0.15) is 11.2 Å². The Kier molecular flexibility index (Phi) is 8.51. The van der Waals surface area contributed by atoms with Gasteiger partial charge >= 0.3 is 0 Å². The smallest absolute Gasteiger partial charge is 0.143 e. The standard InChI is InChI=1S/C70H49NO/c1-69(2)62-29-14-11-23-50(62)52-34-32-42(38-64(52)69)71(43-33-35-53-51-24-12-15-30-63(51)70(3,4)65(53)39-43)66-37-36-49(44-18-9-10-25-54(44)66)58-40-60-48-22-8-6-20-46(48)59(41-61(60)47-21-7-5-19-45(47)58)57-28-17-27-56-55-26-13-16-31-67(55)72-68(56)57/h5-41H,1-4H3. The van der Waals surface area contributed by atoms with Gasteiger partial charge in [-0.25, -0.2) is 0 Å². The van der Waals surface area contributed by atoms with E-state index in [1.165, 1.54) is 104 Å². The van der Waals surface area contributed by atoms with Crippen molar-refractivity contribution in [2.24, 2.45) is 0 Å². The fraction of sp³-hybridized carbons (Fsp3) is 0.0857. The first kappa shape index (κ1) is 41.1. The minimum Gasteiger partial charge on any atom is -0.455 e. The number of hydrogen-bond acceptors (Lipinski definition) is 2. The van der Waals surface area contributed by atoms with E-state index in [1.807, 2.05) is 6.07 Å². The maximum atomic E-state index is 6.67. The van der Waals surface area contributed by atoms with Gasteiger partial charge in [-0.05, 0) is 147 Å². The van der Waals surface area contributed by atoms with Crippen molar-refractivity contribution in [3.8, 4) is 44.5 Å². The molecule has 0 saturated carbocycles. The first-order chi connectivity index (χ1) is 35.2. The molecule has 2 aliphatic carbocycles. The van der Waals surface area contributed by atoms with Crippen molar-refractivity contribution < 1.29 is 4.42 Å². The van der Waals surface area contributed by atoms with Gasteiger partial charge in [-0.2, -0.15) is 0 Å². The third-order valence-corrected chi connectivity index (χ3v) is 16.7. The molecule has 340 valence electrons. The van der Waals surface area contributed by atoms with Gasteiger partial charge in [0.15, 0.2) is 0 Å². The Morgan fingerprint density at radius 1 is 0.278 bits per heavy atom. The van der Waals surface area contributed by atoms with Gasteiger partial charge in [0.25, 0.3) is 0 Å². The van der Waals surface area contributed by atoms with Gasteiger partial charge in [-0.1, -0.05) is 204 Å². The first-order valence-corrected chi connectivity index (χ1v) is 25.3. The average molecular weight is 920 g/mol. The zero-order chi connectivity index (χ0) is 48.0. The second-order valence-corrected chi connectivity index (χ2v) is 21.1. The largest absolute Gasteiger partial charge is 0.455 e. The molecule has 0 amide bonds. The molecule has 72 heavy (non-hydrogen) atoms. The fourth-order valence-corrected chi connectivity index (χ4v) is 13.2. The molecular weight excluding hydrogens is 871 g/mol. The Balaban J connectivity index is 0.955. The molecule has 0 unspecified atom stereocenters. The fourth-order valence-electron chi connectivity index (χ4n) is 13.2. The molecular formula is C70H49NO. The lowest BCUT2D eigenvalue weighted by atomic mass is 9.82. The van der Waals surface area contributed by atoms with Crippen molar-refractivity contribution in [1.29, 1.82) is 0 Å². The minimum atomic E-state index is -0.149. The summed E-state index contributed by atoms with van der Waals surface area (Å²) in [5, 5.41) is 12.0. The third-order valence-electron chi connectivity index (χ3n) is 16.7. The molecule has 0 saturated heterocycles. The average Bonchev–Trinajstić information content (AvgIpc) is 4.00. The van der Waals surface area contributed by atoms with Crippen LogP contribution in [0.3, 0.4) is 0 Å². The van der Waals surface area contributed by atoms with E-state index in [4.69, 9.17) is 4.42 Å². The van der Waals surface area contributed by atoms with Crippen LogP contribution >= 0.6 is 0 Å². The SMILES string of the molecule is CC1(C)c2ccccc2-c2ccc(N(c3ccc4c(c3)C(C)(C)c3ccccc3-4)c3ccc(-c4cc5c6ccccc6c(-c6cccc7c6oc6ccccc67)cc5c5ccccc45)c4ccccc34)cc21. The van der Waals surface area contributed by atoms with E-state index in [0.717, 1.165) is 44.6 Å². The molecule has 1 heterocycles. The summed E-state index contributed by atoms with van der Waals surface area (Å²) in [6.45, 7) is 9.52. The van der Waals surface area contributed by atoms with E-state index in [0.29, 0.717) is 0 Å². The van der Waals surface area contributed by atoms with Crippen molar-refractivity contribution in [2.45, 2.75) is 38.5 Å². The highest BCUT2D eigenvalue weighted by Gasteiger charge is 2.38. The Hall–Kier alpha value is -8.72. The summed E-state index contributed by atoms with van der Waals surface area (Å²) in [5.74, 6) is 0. The molecule has 2 nitrogen and oxygen atoms in total. The summed E-state index contributed by atoms with van der Waals surface area (Å²) in [7, 11) is 0. The maximum Gasteiger partial charge on any atom is 0.143 e. The minimum absolute atomic E-state index is 0.149. The highest BCUT2D eigenvalue weighted by molar-refractivity contribution is 6.26. The van der Waals surface area contributed by atoms with Crippen LogP contribution in [0, 0.1) is 0 Å². The topological polar surface area (TPSA) is 16.4 Å². The van der Waals surface area contributed by atoms with Crippen molar-refractivity contribution in [3.05, 3.63) is 247 Å². The second kappa shape index (κ2) is 14.9. The molecule has 12 aromatic carbocycles. The van der Waals surface area contributed by atoms with Crippen molar-refractivity contribution in [1.82, 2.24) is 0 Å². The molecule has 0 aliphatic heterocycles. The van der Waals surface area contributed by atoms with Crippen molar-refractivity contribution in [2.75, 3.05) is 4.90 Å². The van der Waals surface area contributed by atoms with Gasteiger partial charge in [-0.15, -0.1) is 0 Å². The van der Waals surface area contributed by atoms with Crippen LogP contribution in [0.15, 0.2) is 229 Å². The van der Waals surface area contributed by atoms with Gasteiger partial charge in [0.05, 0.1) is 5.69 Å². The quantitative estimate of drug-likeness (QED) is 0.160. The van der Waals surface area contributed by atoms with Crippen molar-refractivity contribution in [3.63, 3.8) is 0 Å². The Morgan fingerprint density at radius 3 is 1.28 bits per heavy atom. The van der Waals surface area contributed by atoms with E-state index >= 15 is 0 Å². The van der Waals surface area contributed by atoms with Crippen LogP contribution in [0.4, 0.5) is 17.1 Å². The number of hydrogen-bond donors (Lipinski definition) is 0. The molecule has 0 atom stereocenters. The second-order valence-electron chi connectivity index (χ2n) is 21.1. The van der Waals surface area contributed by atoms with Crippen LogP contribution in [0.2, 0.25) is 0 Å². The number of para-hydroxylation sites is 2. The van der Waals surface area contributed by atoms with Gasteiger partial charge in [0, 0.05) is 43.9 Å². The van der Waals surface area contributed by atoms with E-state index < -0.39 is 0 Å². The van der Waals surface area contributed by atoms with E-state index in [-0.39, 0.29) is 10.8 Å². The van der Waals surface area contributed by atoms with Gasteiger partial charge in [-0.3, -0.25) is 0 Å². The molecule has 0 radical (unpaired) electrons. The van der Waals surface area contributed by atoms with Crippen molar-refractivity contribution >= 4 is 82.1 Å².